The normalized spacial score (nSPS) is 22.0. The second kappa shape index (κ2) is 7.19. The lowest BCUT2D eigenvalue weighted by molar-refractivity contribution is -0.149. The fourth-order valence-electron chi connectivity index (χ4n) is 2.14. The van der Waals surface area contributed by atoms with Gasteiger partial charge in [0.2, 0.25) is 0 Å². The maximum absolute atomic E-state index is 12.4. The second-order valence-corrected chi connectivity index (χ2v) is 6.98. The predicted molar refractivity (Wildman–Crippen MR) is 74.7 cm³/mol. The predicted octanol–water partition coefficient (Wildman–Crippen LogP) is -0.0888. The van der Waals surface area contributed by atoms with Gasteiger partial charge in [0.25, 0.3) is 10.2 Å². The molecule has 8 nitrogen and oxygen atoms in total. The first-order valence-corrected chi connectivity index (χ1v) is 8.24. The van der Waals surface area contributed by atoms with E-state index in [1.807, 2.05) is 0 Å². The van der Waals surface area contributed by atoms with E-state index < -0.39 is 34.1 Å². The topological polar surface area (TPSA) is 104 Å². The van der Waals surface area contributed by atoms with Gasteiger partial charge in [-0.2, -0.15) is 17.0 Å². The van der Waals surface area contributed by atoms with Crippen molar-refractivity contribution in [2.24, 2.45) is 5.92 Å². The lowest BCUT2D eigenvalue weighted by Gasteiger charge is -2.34. The molecule has 2 atom stereocenters. The summed E-state index contributed by atoms with van der Waals surface area (Å²) in [6, 6.07) is -1.17. The zero-order valence-electron chi connectivity index (χ0n) is 12.5. The highest BCUT2D eigenvalue weighted by molar-refractivity contribution is 7.86. The standard InChI is InChI=1S/C12H22N2O6S/c1-4-20-12(17)10-6-5-7-14(8-10)21(18,19)13(3)9(2)11(15)16/h9-10H,4-8H2,1-3H3,(H,15,16). The van der Waals surface area contributed by atoms with E-state index in [9.17, 15) is 18.0 Å². The lowest BCUT2D eigenvalue weighted by atomic mass is 10.0. The van der Waals surface area contributed by atoms with Crippen LogP contribution < -0.4 is 0 Å². The third kappa shape index (κ3) is 4.14. The minimum atomic E-state index is -3.91. The molecule has 1 heterocycles. The smallest absolute Gasteiger partial charge is 0.321 e. The highest BCUT2D eigenvalue weighted by atomic mass is 32.2. The molecule has 1 N–H and O–H groups in total. The van der Waals surface area contributed by atoms with Gasteiger partial charge in [-0.05, 0) is 26.7 Å². The molecule has 21 heavy (non-hydrogen) atoms. The number of nitrogens with zero attached hydrogens (tertiary/aromatic N) is 2. The number of hydrogen-bond acceptors (Lipinski definition) is 5. The van der Waals surface area contributed by atoms with Crippen LogP contribution in [0.25, 0.3) is 0 Å². The van der Waals surface area contributed by atoms with Crippen LogP contribution in [0.4, 0.5) is 0 Å². The molecular formula is C12H22N2O6S. The minimum absolute atomic E-state index is 0.0256. The molecule has 2 unspecified atom stereocenters. The van der Waals surface area contributed by atoms with Gasteiger partial charge in [0, 0.05) is 20.1 Å². The quantitative estimate of drug-likeness (QED) is 0.685. The first-order chi connectivity index (χ1) is 9.71. The number of carbonyl (C=O) groups is 2. The Kier molecular flexibility index (Phi) is 6.11. The fourth-order valence-corrected chi connectivity index (χ4v) is 3.72. The van der Waals surface area contributed by atoms with Crippen molar-refractivity contribution in [2.75, 3.05) is 26.7 Å². The maximum Gasteiger partial charge on any atom is 0.321 e. The summed E-state index contributed by atoms with van der Waals surface area (Å²) in [5.74, 6) is -2.13. The van der Waals surface area contributed by atoms with E-state index in [2.05, 4.69) is 0 Å². The number of hydrogen-bond donors (Lipinski definition) is 1. The van der Waals surface area contributed by atoms with E-state index in [0.29, 0.717) is 12.8 Å². The highest BCUT2D eigenvalue weighted by Crippen LogP contribution is 2.22. The van der Waals surface area contributed by atoms with Gasteiger partial charge in [-0.15, -0.1) is 0 Å². The molecule has 122 valence electrons. The number of aliphatic carboxylic acids is 1. The second-order valence-electron chi connectivity index (χ2n) is 4.99. The maximum atomic E-state index is 12.4. The first-order valence-electron chi connectivity index (χ1n) is 6.84. The first kappa shape index (κ1) is 17.9. The third-order valence-corrected chi connectivity index (χ3v) is 5.63. The van der Waals surface area contributed by atoms with Crippen molar-refractivity contribution in [1.82, 2.24) is 8.61 Å². The van der Waals surface area contributed by atoms with E-state index in [4.69, 9.17) is 9.84 Å². The van der Waals surface area contributed by atoms with E-state index in [1.54, 1.807) is 6.92 Å². The fraction of sp³-hybridized carbons (Fsp3) is 0.833. The SMILES string of the molecule is CCOC(=O)C1CCCN(S(=O)(=O)N(C)C(C)C(=O)O)C1. The van der Waals surface area contributed by atoms with Crippen molar-refractivity contribution in [3.8, 4) is 0 Å². The molecule has 0 aromatic rings. The van der Waals surface area contributed by atoms with E-state index in [-0.39, 0.29) is 19.7 Å². The molecule has 1 rings (SSSR count). The van der Waals surface area contributed by atoms with Crippen molar-refractivity contribution in [3.63, 3.8) is 0 Å². The Labute approximate surface area is 124 Å². The Hall–Kier alpha value is -1.19. The summed E-state index contributed by atoms with van der Waals surface area (Å²) < 4.78 is 31.7. The van der Waals surface area contributed by atoms with Gasteiger partial charge in [-0.3, -0.25) is 9.59 Å². The summed E-state index contributed by atoms with van der Waals surface area (Å²) >= 11 is 0. The summed E-state index contributed by atoms with van der Waals surface area (Å²) in [4.78, 5) is 22.7. The van der Waals surface area contributed by atoms with Gasteiger partial charge in [-0.1, -0.05) is 0 Å². The summed E-state index contributed by atoms with van der Waals surface area (Å²) in [6.07, 6.45) is 1.11. The monoisotopic (exact) mass is 322 g/mol. The Morgan fingerprint density at radius 3 is 2.62 bits per heavy atom. The van der Waals surface area contributed by atoms with Crippen molar-refractivity contribution in [1.29, 1.82) is 0 Å². The van der Waals surface area contributed by atoms with Crippen molar-refractivity contribution >= 4 is 22.1 Å². The van der Waals surface area contributed by atoms with E-state index >= 15 is 0 Å². The zero-order valence-corrected chi connectivity index (χ0v) is 13.3. The average Bonchev–Trinajstić information content (AvgIpc) is 2.45. The number of ether oxygens (including phenoxy) is 1. The van der Waals surface area contributed by atoms with Gasteiger partial charge in [0.05, 0.1) is 12.5 Å². The summed E-state index contributed by atoms with van der Waals surface area (Å²) in [6.45, 7) is 3.54. The van der Waals surface area contributed by atoms with Gasteiger partial charge in [0.15, 0.2) is 0 Å². The number of likely N-dealkylation sites (N-methyl/N-ethyl adjacent to an activating group) is 1. The van der Waals surface area contributed by atoms with Crippen LogP contribution in [0.15, 0.2) is 0 Å². The van der Waals surface area contributed by atoms with Crippen LogP contribution in [-0.2, 0) is 24.5 Å². The molecule has 1 saturated heterocycles. The number of carbonyl (C=O) groups excluding carboxylic acids is 1. The van der Waals surface area contributed by atoms with E-state index in [1.165, 1.54) is 14.0 Å². The largest absolute Gasteiger partial charge is 0.480 e. The molecule has 0 radical (unpaired) electrons. The molecular weight excluding hydrogens is 300 g/mol. The van der Waals surface area contributed by atoms with Crippen LogP contribution in [0, 0.1) is 5.92 Å². The summed E-state index contributed by atoms with van der Waals surface area (Å²) in [5, 5.41) is 8.93. The Bertz CT molecular complexity index is 492. The molecule has 1 fully saturated rings. The van der Waals surface area contributed by atoms with Crippen LogP contribution in [0.5, 0.6) is 0 Å². The van der Waals surface area contributed by atoms with Crippen LogP contribution in [0.1, 0.15) is 26.7 Å². The number of carboxylic acid groups (broad SMARTS) is 1. The van der Waals surface area contributed by atoms with Crippen molar-refractivity contribution in [2.45, 2.75) is 32.7 Å². The van der Waals surface area contributed by atoms with Gasteiger partial charge in [0.1, 0.15) is 6.04 Å². The molecule has 0 saturated carbocycles. The number of esters is 1. The lowest BCUT2D eigenvalue weighted by Crippen LogP contribution is -2.51. The molecule has 9 heteroatoms. The molecule has 0 aromatic heterocycles. The number of piperidine rings is 1. The molecule has 0 aliphatic carbocycles. The third-order valence-electron chi connectivity index (χ3n) is 3.60. The number of rotatable bonds is 6. The van der Waals surface area contributed by atoms with Gasteiger partial charge in [-0.25, -0.2) is 0 Å². The Morgan fingerprint density at radius 2 is 2.10 bits per heavy atom. The van der Waals surface area contributed by atoms with E-state index in [0.717, 1.165) is 8.61 Å². The van der Waals surface area contributed by atoms with Gasteiger partial charge >= 0.3 is 11.9 Å². The van der Waals surface area contributed by atoms with Crippen molar-refractivity contribution in [3.05, 3.63) is 0 Å². The molecule has 0 amide bonds. The number of carboxylic acids is 1. The molecule has 1 aliphatic rings. The van der Waals surface area contributed by atoms with Crippen molar-refractivity contribution < 1.29 is 27.9 Å². The minimum Gasteiger partial charge on any atom is -0.480 e. The van der Waals surface area contributed by atoms with Gasteiger partial charge < -0.3 is 9.84 Å². The molecule has 0 bridgehead atoms. The molecule has 0 spiro atoms. The summed E-state index contributed by atoms with van der Waals surface area (Å²) in [7, 11) is -2.69. The molecule has 1 aliphatic heterocycles. The zero-order chi connectivity index (χ0) is 16.2. The molecule has 0 aromatic carbocycles. The average molecular weight is 322 g/mol. The van der Waals surface area contributed by atoms with Crippen LogP contribution in [-0.4, -0.2) is 66.9 Å². The van der Waals surface area contributed by atoms with Crippen LogP contribution in [0.2, 0.25) is 0 Å². The highest BCUT2D eigenvalue weighted by Gasteiger charge is 2.38. The Morgan fingerprint density at radius 1 is 1.48 bits per heavy atom. The summed E-state index contributed by atoms with van der Waals surface area (Å²) in [5.41, 5.74) is 0. The van der Waals surface area contributed by atoms with Crippen LogP contribution in [0.3, 0.4) is 0 Å². The Balaban J connectivity index is 2.83. The van der Waals surface area contributed by atoms with Crippen LogP contribution >= 0.6 is 0 Å².